The minimum absolute atomic E-state index is 0.185. The molecule has 2 aliphatic carbocycles. The topological polar surface area (TPSA) is 29.5 Å². The first kappa shape index (κ1) is 22.2. The van der Waals surface area contributed by atoms with E-state index in [1.165, 1.54) is 55.2 Å². The largest absolute Gasteiger partial charge is 0.544 e. The highest BCUT2D eigenvalue weighted by atomic mass is 28.4. The molecule has 2 aliphatic rings. The van der Waals surface area contributed by atoms with Gasteiger partial charge in [-0.25, -0.2) is 0 Å². The van der Waals surface area contributed by atoms with E-state index in [0.717, 1.165) is 5.75 Å². The number of phenolic OH excluding ortho intramolecular Hbond substituents is 1. The number of allylic oxidation sites excluding steroid dienone is 1. The second-order valence-electron chi connectivity index (χ2n) is 11.0. The smallest absolute Gasteiger partial charge is 0.250 e. The fraction of sp³-hybridized carbons (Fsp3) is 0.500. The van der Waals surface area contributed by atoms with Crippen molar-refractivity contribution in [1.82, 2.24) is 0 Å². The number of aromatic hydroxyl groups is 1. The highest BCUT2D eigenvalue weighted by Crippen LogP contribution is 2.49. The van der Waals surface area contributed by atoms with Crippen LogP contribution in [0.2, 0.25) is 18.1 Å². The van der Waals surface area contributed by atoms with Gasteiger partial charge in [-0.3, -0.25) is 0 Å². The van der Waals surface area contributed by atoms with E-state index in [9.17, 15) is 5.11 Å². The molecule has 2 aromatic carbocycles. The van der Waals surface area contributed by atoms with Crippen molar-refractivity contribution < 1.29 is 9.53 Å². The van der Waals surface area contributed by atoms with Crippen molar-refractivity contribution >= 4 is 13.9 Å². The predicted molar refractivity (Wildman–Crippen MR) is 133 cm³/mol. The van der Waals surface area contributed by atoms with Gasteiger partial charge in [0, 0.05) is 0 Å². The molecule has 0 amide bonds. The van der Waals surface area contributed by atoms with E-state index in [0.29, 0.717) is 17.6 Å². The summed E-state index contributed by atoms with van der Waals surface area (Å²) in [7, 11) is -1.85. The Morgan fingerprint density at radius 3 is 1.71 bits per heavy atom. The van der Waals surface area contributed by atoms with Crippen LogP contribution in [0.15, 0.2) is 54.1 Å². The van der Waals surface area contributed by atoms with Crippen LogP contribution in [-0.4, -0.2) is 13.4 Å². The second kappa shape index (κ2) is 8.50. The average molecular weight is 435 g/mol. The first-order chi connectivity index (χ1) is 14.7. The summed E-state index contributed by atoms with van der Waals surface area (Å²) < 4.78 is 6.53. The quantitative estimate of drug-likeness (QED) is 0.492. The summed E-state index contributed by atoms with van der Waals surface area (Å²) >= 11 is 0. The Balaban J connectivity index is 1.75. The van der Waals surface area contributed by atoms with Gasteiger partial charge in [0.15, 0.2) is 0 Å². The molecular weight excluding hydrogens is 396 g/mol. The van der Waals surface area contributed by atoms with Gasteiger partial charge in [0.2, 0.25) is 8.32 Å². The van der Waals surface area contributed by atoms with Gasteiger partial charge in [-0.2, -0.15) is 0 Å². The zero-order chi connectivity index (χ0) is 22.2. The van der Waals surface area contributed by atoms with Crippen molar-refractivity contribution in [3.05, 3.63) is 65.2 Å². The molecule has 2 fully saturated rings. The van der Waals surface area contributed by atoms with Gasteiger partial charge in [0.05, 0.1) is 0 Å². The fourth-order valence-corrected chi connectivity index (χ4v) is 6.17. The lowest BCUT2D eigenvalue weighted by atomic mass is 9.65. The Hall–Kier alpha value is -2.00. The van der Waals surface area contributed by atoms with Gasteiger partial charge >= 0.3 is 0 Å². The highest BCUT2D eigenvalue weighted by molar-refractivity contribution is 6.74. The Morgan fingerprint density at radius 1 is 0.806 bits per heavy atom. The number of phenols is 1. The molecule has 2 aromatic rings. The van der Waals surface area contributed by atoms with Crippen molar-refractivity contribution in [3.8, 4) is 11.5 Å². The van der Waals surface area contributed by atoms with E-state index in [1.54, 1.807) is 5.57 Å². The summed E-state index contributed by atoms with van der Waals surface area (Å²) in [5, 5.41) is 10.0. The van der Waals surface area contributed by atoms with Crippen molar-refractivity contribution in [3.63, 3.8) is 0 Å². The molecule has 31 heavy (non-hydrogen) atoms. The second-order valence-corrected chi connectivity index (χ2v) is 15.7. The SMILES string of the molecule is CC(C)(C)[Si](C)(C)Oc1ccc(C(=C2C3CCCC2CCC3)c2ccc(O)cc2)cc1. The van der Waals surface area contributed by atoms with Crippen LogP contribution in [0.25, 0.3) is 5.57 Å². The van der Waals surface area contributed by atoms with E-state index in [-0.39, 0.29) is 5.04 Å². The van der Waals surface area contributed by atoms with Crippen molar-refractivity contribution in [2.45, 2.75) is 77.4 Å². The van der Waals surface area contributed by atoms with Crippen LogP contribution in [0.4, 0.5) is 0 Å². The third-order valence-electron chi connectivity index (χ3n) is 7.86. The number of rotatable bonds is 4. The molecule has 3 heteroatoms. The van der Waals surface area contributed by atoms with Gasteiger partial charge in [0.1, 0.15) is 11.5 Å². The van der Waals surface area contributed by atoms with Crippen LogP contribution in [0.5, 0.6) is 11.5 Å². The first-order valence-electron chi connectivity index (χ1n) is 12.0. The molecule has 0 unspecified atom stereocenters. The normalized spacial score (nSPS) is 21.6. The van der Waals surface area contributed by atoms with Gasteiger partial charge in [0.25, 0.3) is 0 Å². The number of hydrogen-bond acceptors (Lipinski definition) is 2. The van der Waals surface area contributed by atoms with Crippen molar-refractivity contribution in [2.75, 3.05) is 0 Å². The fourth-order valence-electron chi connectivity index (χ4n) is 5.14. The average Bonchev–Trinajstić information content (AvgIpc) is 2.70. The molecule has 4 rings (SSSR count). The van der Waals surface area contributed by atoms with Crippen LogP contribution < -0.4 is 4.43 Å². The van der Waals surface area contributed by atoms with Crippen LogP contribution in [0, 0.1) is 11.8 Å². The summed E-state index contributed by atoms with van der Waals surface area (Å²) in [6.07, 6.45) is 8.00. The maximum Gasteiger partial charge on any atom is 0.250 e. The maximum atomic E-state index is 9.86. The van der Waals surface area contributed by atoms with Crippen LogP contribution >= 0.6 is 0 Å². The molecule has 166 valence electrons. The van der Waals surface area contributed by atoms with Gasteiger partial charge < -0.3 is 9.53 Å². The molecule has 0 saturated heterocycles. The molecule has 0 radical (unpaired) electrons. The lowest BCUT2D eigenvalue weighted by molar-refractivity contribution is 0.279. The first-order valence-corrected chi connectivity index (χ1v) is 14.9. The van der Waals surface area contributed by atoms with Crippen LogP contribution in [0.1, 0.15) is 70.4 Å². The Kier molecular flexibility index (Phi) is 6.09. The minimum Gasteiger partial charge on any atom is -0.544 e. The zero-order valence-electron chi connectivity index (χ0n) is 19.9. The summed E-state index contributed by atoms with van der Waals surface area (Å²) in [5.74, 6) is 2.73. The molecule has 2 saturated carbocycles. The van der Waals surface area contributed by atoms with E-state index < -0.39 is 8.32 Å². The Labute approximate surface area is 189 Å². The molecule has 1 N–H and O–H groups in total. The lowest BCUT2D eigenvalue weighted by Gasteiger charge is -2.40. The van der Waals surface area contributed by atoms with Crippen LogP contribution in [-0.2, 0) is 0 Å². The molecule has 0 heterocycles. The molecule has 2 nitrogen and oxygen atoms in total. The number of fused-ring (bicyclic) bond motifs is 2. The molecule has 0 atom stereocenters. The summed E-state index contributed by atoms with van der Waals surface area (Å²) in [4.78, 5) is 0. The van der Waals surface area contributed by atoms with Crippen molar-refractivity contribution in [1.29, 1.82) is 0 Å². The molecular formula is C28H38O2Si. The molecule has 0 aromatic heterocycles. The van der Waals surface area contributed by atoms with E-state index >= 15 is 0 Å². The molecule has 2 bridgehead atoms. The standard InChI is InChI=1S/C28H38O2Si/c1-28(2,3)31(4,5)30-25-18-14-23(15-19-25)27(22-12-16-24(29)17-13-22)26-20-8-6-9-21(26)11-7-10-20/h12-21,29H,6-11H2,1-5H3. The van der Waals surface area contributed by atoms with E-state index in [1.807, 2.05) is 12.1 Å². The van der Waals surface area contributed by atoms with Gasteiger partial charge in [-0.15, -0.1) is 0 Å². The number of benzene rings is 2. The molecule has 0 spiro atoms. The predicted octanol–water partition coefficient (Wildman–Crippen LogP) is 8.18. The van der Waals surface area contributed by atoms with Crippen LogP contribution in [0.3, 0.4) is 0 Å². The van der Waals surface area contributed by atoms with Crippen molar-refractivity contribution in [2.24, 2.45) is 11.8 Å². The minimum atomic E-state index is -1.85. The van der Waals surface area contributed by atoms with E-state index in [2.05, 4.69) is 70.3 Å². The highest BCUT2D eigenvalue weighted by Gasteiger charge is 2.39. The summed E-state index contributed by atoms with van der Waals surface area (Å²) in [6, 6.07) is 16.6. The third kappa shape index (κ3) is 4.62. The molecule has 0 aliphatic heterocycles. The monoisotopic (exact) mass is 434 g/mol. The lowest BCUT2D eigenvalue weighted by Crippen LogP contribution is -2.43. The summed E-state index contributed by atoms with van der Waals surface area (Å²) in [6.45, 7) is 11.4. The van der Waals surface area contributed by atoms with E-state index in [4.69, 9.17) is 4.43 Å². The Bertz CT molecular complexity index is 908. The van der Waals surface area contributed by atoms with Gasteiger partial charge in [-0.05, 0) is 96.6 Å². The zero-order valence-corrected chi connectivity index (χ0v) is 20.9. The summed E-state index contributed by atoms with van der Waals surface area (Å²) in [5.41, 5.74) is 5.57. The maximum absolute atomic E-state index is 9.86. The number of hydrogen-bond donors (Lipinski definition) is 1. The third-order valence-corrected chi connectivity index (χ3v) is 12.2. The Morgan fingerprint density at radius 2 is 1.26 bits per heavy atom. The van der Waals surface area contributed by atoms with Gasteiger partial charge in [-0.1, -0.05) is 63.5 Å².